The molecule has 0 fully saturated rings. The van der Waals surface area contributed by atoms with Crippen LogP contribution in [0.15, 0.2) is 60.7 Å². The van der Waals surface area contributed by atoms with Crippen molar-refractivity contribution in [1.29, 1.82) is 0 Å². The first-order valence-corrected chi connectivity index (χ1v) is 6.48. The first-order valence-electron chi connectivity index (χ1n) is 6.48. The standard InChI is InChI=1S/C18H14/c1-3-7-15-13(5-1)9-11-18-16-8-4-2-6-14(16)10-12-17(15)18/h1-12,17-18H. The Balaban J connectivity index is 1.91. The first kappa shape index (κ1) is 9.90. The molecule has 2 aliphatic carbocycles. The lowest BCUT2D eigenvalue weighted by atomic mass is 9.72. The van der Waals surface area contributed by atoms with Crippen LogP contribution in [-0.2, 0) is 0 Å². The molecule has 0 heteroatoms. The predicted molar refractivity (Wildman–Crippen MR) is 76.4 cm³/mol. The molecule has 18 heavy (non-hydrogen) atoms. The van der Waals surface area contributed by atoms with Crippen molar-refractivity contribution in [2.75, 3.05) is 0 Å². The van der Waals surface area contributed by atoms with Crippen LogP contribution in [0.3, 0.4) is 0 Å². The summed E-state index contributed by atoms with van der Waals surface area (Å²) in [5.41, 5.74) is 5.64. The van der Waals surface area contributed by atoms with Gasteiger partial charge in [0.2, 0.25) is 0 Å². The lowest BCUT2D eigenvalue weighted by Crippen LogP contribution is -2.15. The van der Waals surface area contributed by atoms with Crippen molar-refractivity contribution in [3.63, 3.8) is 0 Å². The summed E-state index contributed by atoms with van der Waals surface area (Å²) in [6, 6.07) is 17.4. The van der Waals surface area contributed by atoms with Gasteiger partial charge in [0.15, 0.2) is 0 Å². The molecule has 0 saturated heterocycles. The Morgan fingerprint density at radius 3 is 1.50 bits per heavy atom. The van der Waals surface area contributed by atoms with Gasteiger partial charge in [0.05, 0.1) is 0 Å². The molecule has 4 rings (SSSR count). The highest BCUT2D eigenvalue weighted by Crippen LogP contribution is 2.45. The second kappa shape index (κ2) is 3.71. The third-order valence-corrected chi connectivity index (χ3v) is 4.06. The third-order valence-electron chi connectivity index (χ3n) is 4.06. The molecule has 0 bridgehead atoms. The van der Waals surface area contributed by atoms with Crippen LogP contribution < -0.4 is 0 Å². The van der Waals surface area contributed by atoms with Gasteiger partial charge in [-0.15, -0.1) is 0 Å². The molecule has 2 aromatic rings. The van der Waals surface area contributed by atoms with Gasteiger partial charge in [-0.25, -0.2) is 0 Å². The molecule has 0 nitrogen and oxygen atoms in total. The van der Waals surface area contributed by atoms with Gasteiger partial charge in [-0.05, 0) is 22.3 Å². The van der Waals surface area contributed by atoms with Crippen LogP contribution in [-0.4, -0.2) is 0 Å². The number of benzene rings is 2. The monoisotopic (exact) mass is 230 g/mol. The maximum atomic E-state index is 2.36. The number of allylic oxidation sites excluding steroid dienone is 2. The zero-order valence-corrected chi connectivity index (χ0v) is 10.1. The number of hydrogen-bond acceptors (Lipinski definition) is 0. The highest BCUT2D eigenvalue weighted by molar-refractivity contribution is 5.68. The van der Waals surface area contributed by atoms with Gasteiger partial charge in [0.1, 0.15) is 0 Å². The fourth-order valence-electron chi connectivity index (χ4n) is 3.18. The second-order valence-corrected chi connectivity index (χ2v) is 5.03. The Hall–Kier alpha value is -2.08. The summed E-state index contributed by atoms with van der Waals surface area (Å²) in [4.78, 5) is 0. The van der Waals surface area contributed by atoms with Crippen LogP contribution >= 0.6 is 0 Å². The van der Waals surface area contributed by atoms with Crippen molar-refractivity contribution in [2.45, 2.75) is 11.8 Å². The van der Waals surface area contributed by atoms with E-state index in [1.807, 2.05) is 0 Å². The second-order valence-electron chi connectivity index (χ2n) is 5.03. The summed E-state index contributed by atoms with van der Waals surface area (Å²) in [5, 5.41) is 0. The van der Waals surface area contributed by atoms with E-state index in [9.17, 15) is 0 Å². The third kappa shape index (κ3) is 1.32. The summed E-state index contributed by atoms with van der Waals surface area (Å²) in [6.45, 7) is 0. The van der Waals surface area contributed by atoms with Crippen LogP contribution in [0.1, 0.15) is 34.1 Å². The fraction of sp³-hybridized carbons (Fsp3) is 0.111. The largest absolute Gasteiger partial charge is 0.0755 e. The van der Waals surface area contributed by atoms with Crippen molar-refractivity contribution >= 4 is 12.2 Å². The van der Waals surface area contributed by atoms with E-state index in [1.54, 1.807) is 0 Å². The molecule has 2 aromatic carbocycles. The Morgan fingerprint density at radius 1 is 0.556 bits per heavy atom. The molecule has 0 amide bonds. The van der Waals surface area contributed by atoms with E-state index in [1.165, 1.54) is 22.3 Å². The topological polar surface area (TPSA) is 0 Å². The average molecular weight is 230 g/mol. The van der Waals surface area contributed by atoms with Crippen molar-refractivity contribution in [1.82, 2.24) is 0 Å². The molecule has 0 spiro atoms. The lowest BCUT2D eigenvalue weighted by Gasteiger charge is -2.32. The number of fused-ring (bicyclic) bond motifs is 5. The molecule has 0 radical (unpaired) electrons. The van der Waals surface area contributed by atoms with Crippen LogP contribution in [0, 0.1) is 0 Å². The fourth-order valence-corrected chi connectivity index (χ4v) is 3.18. The predicted octanol–water partition coefficient (Wildman–Crippen LogP) is 4.61. The van der Waals surface area contributed by atoms with Gasteiger partial charge in [-0.3, -0.25) is 0 Å². The summed E-state index contributed by atoms with van der Waals surface area (Å²) in [6.07, 6.45) is 9.25. The SMILES string of the molecule is C1=CC2c3ccccc3C=CC2c2ccccc21. The highest BCUT2D eigenvalue weighted by atomic mass is 14.3. The van der Waals surface area contributed by atoms with Crippen LogP contribution in [0.25, 0.3) is 12.2 Å². The van der Waals surface area contributed by atoms with Crippen LogP contribution in [0.4, 0.5) is 0 Å². The van der Waals surface area contributed by atoms with Crippen molar-refractivity contribution in [2.24, 2.45) is 0 Å². The highest BCUT2D eigenvalue weighted by Gasteiger charge is 2.28. The van der Waals surface area contributed by atoms with Gasteiger partial charge in [0, 0.05) is 11.8 Å². The maximum Gasteiger partial charge on any atom is 0.0131 e. The number of hydrogen-bond donors (Lipinski definition) is 0. The van der Waals surface area contributed by atoms with Gasteiger partial charge in [-0.1, -0.05) is 72.8 Å². The van der Waals surface area contributed by atoms with Gasteiger partial charge in [-0.2, -0.15) is 0 Å². The van der Waals surface area contributed by atoms with Crippen molar-refractivity contribution in [3.05, 3.63) is 82.9 Å². The molecule has 2 unspecified atom stereocenters. The molecule has 0 aliphatic heterocycles. The molecular formula is C18H14. The molecule has 0 saturated carbocycles. The number of rotatable bonds is 0. The molecular weight excluding hydrogens is 216 g/mol. The summed E-state index contributed by atoms with van der Waals surface area (Å²) < 4.78 is 0. The summed E-state index contributed by atoms with van der Waals surface area (Å²) in [5.74, 6) is 1.00. The Bertz CT molecular complexity index is 602. The Kier molecular flexibility index (Phi) is 2.04. The van der Waals surface area contributed by atoms with Gasteiger partial charge >= 0.3 is 0 Å². The van der Waals surface area contributed by atoms with E-state index in [4.69, 9.17) is 0 Å². The lowest BCUT2D eigenvalue weighted by molar-refractivity contribution is 0.722. The molecule has 86 valence electrons. The van der Waals surface area contributed by atoms with E-state index >= 15 is 0 Å². The Morgan fingerprint density at radius 2 is 1.00 bits per heavy atom. The average Bonchev–Trinajstić information content (AvgIpc) is 2.46. The maximum absolute atomic E-state index is 2.36. The summed E-state index contributed by atoms with van der Waals surface area (Å²) >= 11 is 0. The smallest absolute Gasteiger partial charge is 0.0131 e. The van der Waals surface area contributed by atoms with E-state index in [0.717, 1.165) is 0 Å². The van der Waals surface area contributed by atoms with E-state index in [0.29, 0.717) is 11.8 Å². The zero-order chi connectivity index (χ0) is 11.9. The molecule has 2 aliphatic rings. The quantitative estimate of drug-likeness (QED) is 0.620. The minimum Gasteiger partial charge on any atom is -0.0755 e. The zero-order valence-electron chi connectivity index (χ0n) is 10.1. The van der Waals surface area contributed by atoms with E-state index in [2.05, 4.69) is 72.8 Å². The normalized spacial score (nSPS) is 23.1. The van der Waals surface area contributed by atoms with Crippen LogP contribution in [0.2, 0.25) is 0 Å². The van der Waals surface area contributed by atoms with Crippen molar-refractivity contribution in [3.8, 4) is 0 Å². The Labute approximate surface area is 107 Å². The van der Waals surface area contributed by atoms with E-state index < -0.39 is 0 Å². The minimum atomic E-state index is 0.501. The van der Waals surface area contributed by atoms with Crippen molar-refractivity contribution < 1.29 is 0 Å². The summed E-state index contributed by atoms with van der Waals surface area (Å²) in [7, 11) is 0. The van der Waals surface area contributed by atoms with Gasteiger partial charge < -0.3 is 0 Å². The molecule has 0 aromatic heterocycles. The molecule has 0 heterocycles. The first-order chi connectivity index (χ1) is 8.93. The van der Waals surface area contributed by atoms with Gasteiger partial charge in [0.25, 0.3) is 0 Å². The van der Waals surface area contributed by atoms with E-state index in [-0.39, 0.29) is 0 Å². The molecule has 2 atom stereocenters. The van der Waals surface area contributed by atoms with Crippen LogP contribution in [0.5, 0.6) is 0 Å². The minimum absolute atomic E-state index is 0.501. The molecule has 0 N–H and O–H groups in total.